The van der Waals surface area contributed by atoms with Gasteiger partial charge in [0.2, 0.25) is 5.56 Å². The number of hydrogen-bond acceptors (Lipinski definition) is 5. The normalized spacial score (nSPS) is 16.6. The van der Waals surface area contributed by atoms with Crippen molar-refractivity contribution in [3.63, 3.8) is 0 Å². The van der Waals surface area contributed by atoms with Gasteiger partial charge in [-0.3, -0.25) is 19.7 Å². The highest BCUT2D eigenvalue weighted by molar-refractivity contribution is 6.06. The molecule has 0 spiro atoms. The number of rotatable bonds is 5. The summed E-state index contributed by atoms with van der Waals surface area (Å²) < 4.78 is 0. The fourth-order valence-electron chi connectivity index (χ4n) is 2.91. The molecule has 1 amide bonds. The lowest BCUT2D eigenvalue weighted by molar-refractivity contribution is -0.384. The summed E-state index contributed by atoms with van der Waals surface area (Å²) >= 11 is 0. The fourth-order valence-corrected chi connectivity index (χ4v) is 2.91. The molecule has 0 aliphatic heterocycles. The van der Waals surface area contributed by atoms with E-state index in [0.29, 0.717) is 16.8 Å². The quantitative estimate of drug-likeness (QED) is 0.561. The summed E-state index contributed by atoms with van der Waals surface area (Å²) in [6.07, 6.45) is 1.99. The third kappa shape index (κ3) is 2.88. The van der Waals surface area contributed by atoms with Crippen molar-refractivity contribution < 1.29 is 9.72 Å². The lowest BCUT2D eigenvalue weighted by atomic mass is 9.95. The van der Waals surface area contributed by atoms with Crippen LogP contribution in [0, 0.1) is 16.0 Å². The Hall–Kier alpha value is -2.74. The maximum absolute atomic E-state index is 12.7. The third-order valence-corrected chi connectivity index (χ3v) is 4.58. The van der Waals surface area contributed by atoms with Gasteiger partial charge in [-0.2, -0.15) is 0 Å². The van der Waals surface area contributed by atoms with Crippen molar-refractivity contribution in [3.8, 4) is 0 Å². The molecule has 1 saturated carbocycles. The number of benzene rings is 1. The van der Waals surface area contributed by atoms with Crippen LogP contribution in [0.5, 0.6) is 0 Å². The molecule has 2 aromatic rings. The molecule has 1 heterocycles. The number of aromatic amines is 1. The SMILES string of the molecule is CC(CN)(NC(=O)c1cc(=O)[nH]c2ccc([N+](=O)[O-])cc12)C1CC1. The smallest absolute Gasteiger partial charge is 0.270 e. The van der Waals surface area contributed by atoms with Crippen molar-refractivity contribution in [2.24, 2.45) is 11.7 Å². The van der Waals surface area contributed by atoms with Crippen LogP contribution in [-0.4, -0.2) is 27.9 Å². The molecule has 1 aliphatic rings. The number of non-ortho nitro benzene ring substituents is 1. The molecule has 126 valence electrons. The van der Waals surface area contributed by atoms with Gasteiger partial charge in [-0.1, -0.05) is 0 Å². The maximum Gasteiger partial charge on any atom is 0.270 e. The highest BCUT2D eigenvalue weighted by Gasteiger charge is 2.41. The van der Waals surface area contributed by atoms with Gasteiger partial charge in [0, 0.05) is 35.6 Å². The number of pyridine rings is 1. The second-order valence-electron chi connectivity index (χ2n) is 6.38. The van der Waals surface area contributed by atoms with Gasteiger partial charge in [-0.15, -0.1) is 0 Å². The number of aromatic nitrogens is 1. The number of nitrogens with one attached hydrogen (secondary N) is 2. The van der Waals surface area contributed by atoms with Crippen molar-refractivity contribution in [1.29, 1.82) is 0 Å². The first-order valence-electron chi connectivity index (χ1n) is 7.68. The van der Waals surface area contributed by atoms with Crippen LogP contribution < -0.4 is 16.6 Å². The number of H-pyrrole nitrogens is 1. The van der Waals surface area contributed by atoms with Crippen LogP contribution in [0.2, 0.25) is 0 Å². The zero-order chi connectivity index (χ0) is 17.5. The van der Waals surface area contributed by atoms with Crippen molar-refractivity contribution >= 4 is 22.5 Å². The Balaban J connectivity index is 2.06. The van der Waals surface area contributed by atoms with E-state index in [1.165, 1.54) is 18.2 Å². The molecule has 24 heavy (non-hydrogen) atoms. The number of nitro groups is 1. The second-order valence-corrected chi connectivity index (χ2v) is 6.38. The summed E-state index contributed by atoms with van der Waals surface area (Å²) in [5, 5.41) is 14.2. The van der Waals surface area contributed by atoms with Gasteiger partial charge < -0.3 is 16.0 Å². The number of nitrogens with zero attached hydrogens (tertiary/aromatic N) is 1. The highest BCUT2D eigenvalue weighted by Crippen LogP contribution is 2.39. The topological polar surface area (TPSA) is 131 Å². The minimum atomic E-state index is -0.549. The van der Waals surface area contributed by atoms with E-state index < -0.39 is 21.9 Å². The van der Waals surface area contributed by atoms with Gasteiger partial charge in [0.25, 0.3) is 11.6 Å². The van der Waals surface area contributed by atoms with Crippen LogP contribution in [0.15, 0.2) is 29.1 Å². The Bertz CT molecular complexity index is 887. The standard InChI is InChI=1S/C16H18N4O4/c1-16(8-17,9-2-3-9)19-15(22)12-7-14(21)18-13-5-4-10(20(23)24)6-11(12)13/h4-7,9H,2-3,8,17H2,1H3,(H,18,21)(H,19,22). The van der Waals surface area contributed by atoms with Crippen LogP contribution in [0.4, 0.5) is 5.69 Å². The van der Waals surface area contributed by atoms with Gasteiger partial charge >= 0.3 is 0 Å². The minimum Gasteiger partial charge on any atom is -0.345 e. The molecule has 3 rings (SSSR count). The number of nitro benzene ring substituents is 1. The molecule has 1 atom stereocenters. The van der Waals surface area contributed by atoms with Gasteiger partial charge in [0.1, 0.15) is 0 Å². The zero-order valence-corrected chi connectivity index (χ0v) is 13.2. The highest BCUT2D eigenvalue weighted by atomic mass is 16.6. The number of carbonyl (C=O) groups excluding carboxylic acids is 1. The van der Waals surface area contributed by atoms with Crippen molar-refractivity contribution in [1.82, 2.24) is 10.3 Å². The lowest BCUT2D eigenvalue weighted by Gasteiger charge is -2.29. The molecule has 0 bridgehead atoms. The predicted molar refractivity (Wildman–Crippen MR) is 88.9 cm³/mol. The molecule has 0 radical (unpaired) electrons. The monoisotopic (exact) mass is 330 g/mol. The lowest BCUT2D eigenvalue weighted by Crippen LogP contribution is -2.53. The van der Waals surface area contributed by atoms with Crippen LogP contribution in [0.3, 0.4) is 0 Å². The van der Waals surface area contributed by atoms with Crippen LogP contribution in [0.1, 0.15) is 30.1 Å². The van der Waals surface area contributed by atoms with E-state index in [0.717, 1.165) is 18.9 Å². The molecule has 1 aromatic carbocycles. The van der Waals surface area contributed by atoms with Crippen molar-refractivity contribution in [3.05, 3.63) is 50.3 Å². The first-order valence-corrected chi connectivity index (χ1v) is 7.68. The Morgan fingerprint density at radius 1 is 1.46 bits per heavy atom. The Morgan fingerprint density at radius 2 is 2.17 bits per heavy atom. The summed E-state index contributed by atoms with van der Waals surface area (Å²) in [5.74, 6) is -0.138. The molecule has 1 aliphatic carbocycles. The maximum atomic E-state index is 12.7. The first kappa shape index (κ1) is 16.1. The van der Waals surface area contributed by atoms with Crippen LogP contribution in [0.25, 0.3) is 10.9 Å². The number of fused-ring (bicyclic) bond motifs is 1. The van der Waals surface area contributed by atoms with Gasteiger partial charge in [-0.05, 0) is 31.7 Å². The third-order valence-electron chi connectivity index (χ3n) is 4.58. The van der Waals surface area contributed by atoms with Crippen molar-refractivity contribution in [2.75, 3.05) is 6.54 Å². The number of amides is 1. The van der Waals surface area contributed by atoms with E-state index >= 15 is 0 Å². The van der Waals surface area contributed by atoms with Gasteiger partial charge in [0.05, 0.1) is 16.0 Å². The molecule has 1 fully saturated rings. The summed E-state index contributed by atoms with van der Waals surface area (Å²) in [6, 6.07) is 5.16. The van der Waals surface area contributed by atoms with E-state index in [2.05, 4.69) is 10.3 Å². The van der Waals surface area contributed by atoms with Gasteiger partial charge in [0.15, 0.2) is 0 Å². The Morgan fingerprint density at radius 3 is 2.75 bits per heavy atom. The second kappa shape index (κ2) is 5.72. The minimum absolute atomic E-state index is 0.109. The largest absolute Gasteiger partial charge is 0.345 e. The first-order chi connectivity index (χ1) is 11.3. The van der Waals surface area contributed by atoms with E-state index in [9.17, 15) is 19.7 Å². The zero-order valence-electron chi connectivity index (χ0n) is 13.2. The van der Waals surface area contributed by atoms with Crippen LogP contribution >= 0.6 is 0 Å². The van der Waals surface area contributed by atoms with E-state index in [4.69, 9.17) is 5.73 Å². The summed E-state index contributed by atoms with van der Waals surface area (Å²) in [7, 11) is 0. The number of hydrogen-bond donors (Lipinski definition) is 3. The predicted octanol–water partition coefficient (Wildman–Crippen LogP) is 1.29. The molecule has 1 aromatic heterocycles. The summed E-state index contributed by atoms with van der Waals surface area (Å²) in [6.45, 7) is 2.16. The molecule has 8 nitrogen and oxygen atoms in total. The van der Waals surface area contributed by atoms with E-state index in [1.54, 1.807) is 0 Å². The average molecular weight is 330 g/mol. The Labute approximate surface area is 137 Å². The molecule has 1 unspecified atom stereocenters. The molecular weight excluding hydrogens is 312 g/mol. The van der Waals surface area contributed by atoms with Crippen LogP contribution in [-0.2, 0) is 0 Å². The van der Waals surface area contributed by atoms with E-state index in [-0.39, 0.29) is 17.8 Å². The summed E-state index contributed by atoms with van der Waals surface area (Å²) in [4.78, 5) is 37.5. The van der Waals surface area contributed by atoms with Crippen molar-refractivity contribution in [2.45, 2.75) is 25.3 Å². The van der Waals surface area contributed by atoms with E-state index in [1.807, 2.05) is 6.92 Å². The number of carbonyl (C=O) groups is 1. The molecular formula is C16H18N4O4. The number of nitrogens with two attached hydrogens (primary N) is 1. The van der Waals surface area contributed by atoms with Gasteiger partial charge in [-0.25, -0.2) is 0 Å². The summed E-state index contributed by atoms with van der Waals surface area (Å²) in [5.41, 5.74) is 5.15. The Kier molecular flexibility index (Phi) is 3.84. The fraction of sp³-hybridized carbons (Fsp3) is 0.375. The molecule has 0 saturated heterocycles. The average Bonchev–Trinajstić information content (AvgIpc) is 3.38. The molecule has 4 N–H and O–H groups in total. The molecule has 8 heteroatoms.